The van der Waals surface area contributed by atoms with E-state index in [0.29, 0.717) is 0 Å². The van der Waals surface area contributed by atoms with Crippen LogP contribution in [0.2, 0.25) is 0 Å². The summed E-state index contributed by atoms with van der Waals surface area (Å²) >= 11 is 3.44. The van der Waals surface area contributed by atoms with Crippen molar-refractivity contribution in [3.8, 4) is 11.1 Å². The lowest BCUT2D eigenvalue weighted by Crippen LogP contribution is -1.86. The maximum atomic E-state index is 5.32. The molecule has 0 saturated heterocycles. The van der Waals surface area contributed by atoms with Crippen LogP contribution in [-0.2, 0) is 6.42 Å². The summed E-state index contributed by atoms with van der Waals surface area (Å²) in [4.78, 5) is 0. The van der Waals surface area contributed by atoms with Crippen LogP contribution in [0.1, 0.15) is 5.69 Å². The molecule has 90 valence electrons. The van der Waals surface area contributed by atoms with Crippen LogP contribution in [0.25, 0.3) is 22.1 Å². The Morgan fingerprint density at radius 2 is 1.83 bits per heavy atom. The molecule has 0 saturated carbocycles. The van der Waals surface area contributed by atoms with Gasteiger partial charge in [-0.2, -0.15) is 0 Å². The fourth-order valence-corrected chi connectivity index (χ4v) is 2.44. The van der Waals surface area contributed by atoms with Crippen LogP contribution >= 0.6 is 15.9 Å². The number of halogens is 1. The van der Waals surface area contributed by atoms with Crippen LogP contribution in [0.3, 0.4) is 0 Å². The van der Waals surface area contributed by atoms with Gasteiger partial charge in [0.25, 0.3) is 0 Å². The Bertz CT molecular complexity index is 661. The number of aryl methyl sites for hydroxylation is 1. The Hall–Kier alpha value is -1.61. The number of hydrogen-bond acceptors (Lipinski definition) is 2. The first-order chi connectivity index (χ1) is 8.88. The van der Waals surface area contributed by atoms with E-state index in [0.717, 1.165) is 28.4 Å². The average molecular weight is 302 g/mol. The molecule has 0 bridgehead atoms. The van der Waals surface area contributed by atoms with E-state index >= 15 is 0 Å². The van der Waals surface area contributed by atoms with Gasteiger partial charge in [0.2, 0.25) is 0 Å². The van der Waals surface area contributed by atoms with Gasteiger partial charge in [0.1, 0.15) is 0 Å². The maximum absolute atomic E-state index is 5.32. The number of aromatic nitrogens is 1. The van der Waals surface area contributed by atoms with E-state index in [1.807, 2.05) is 24.3 Å². The summed E-state index contributed by atoms with van der Waals surface area (Å²) in [7, 11) is 0. The van der Waals surface area contributed by atoms with Crippen LogP contribution in [0.5, 0.6) is 0 Å². The molecule has 0 aliphatic carbocycles. The molecule has 3 aromatic rings. The van der Waals surface area contributed by atoms with E-state index in [9.17, 15) is 0 Å². The molecule has 1 heterocycles. The van der Waals surface area contributed by atoms with Crippen molar-refractivity contribution >= 4 is 26.9 Å². The number of alkyl halides is 1. The quantitative estimate of drug-likeness (QED) is 0.669. The van der Waals surface area contributed by atoms with Gasteiger partial charge in [-0.1, -0.05) is 57.5 Å². The number of rotatable bonds is 3. The minimum absolute atomic E-state index is 0.852. The summed E-state index contributed by atoms with van der Waals surface area (Å²) < 4.78 is 5.32. The molecule has 18 heavy (non-hydrogen) atoms. The predicted octanol–water partition coefficient (Wildman–Crippen LogP) is 4.43. The lowest BCUT2D eigenvalue weighted by molar-refractivity contribution is 0.447. The molecule has 0 aliphatic rings. The average Bonchev–Trinajstić information content (AvgIpc) is 2.83. The molecule has 0 atom stereocenters. The van der Waals surface area contributed by atoms with Crippen LogP contribution < -0.4 is 0 Å². The number of hydrogen-bond donors (Lipinski definition) is 0. The van der Waals surface area contributed by atoms with Crippen molar-refractivity contribution in [1.29, 1.82) is 0 Å². The number of nitrogens with zero attached hydrogens (tertiary/aromatic N) is 1. The lowest BCUT2D eigenvalue weighted by atomic mass is 10.0. The van der Waals surface area contributed by atoms with Crippen molar-refractivity contribution in [3.05, 3.63) is 54.2 Å². The van der Waals surface area contributed by atoms with Crippen LogP contribution in [0.4, 0.5) is 0 Å². The SMILES string of the molecule is BrCCc1noc2ccc(-c3ccccc3)cc12. The first-order valence-corrected chi connectivity index (χ1v) is 7.00. The summed E-state index contributed by atoms with van der Waals surface area (Å²) in [5, 5.41) is 6.12. The van der Waals surface area contributed by atoms with Gasteiger partial charge < -0.3 is 4.52 Å². The van der Waals surface area contributed by atoms with Crippen molar-refractivity contribution in [2.24, 2.45) is 0 Å². The number of benzene rings is 2. The van der Waals surface area contributed by atoms with Crippen molar-refractivity contribution in [1.82, 2.24) is 5.16 Å². The molecule has 2 nitrogen and oxygen atoms in total. The van der Waals surface area contributed by atoms with E-state index in [-0.39, 0.29) is 0 Å². The van der Waals surface area contributed by atoms with E-state index in [2.05, 4.69) is 45.4 Å². The highest BCUT2D eigenvalue weighted by Crippen LogP contribution is 2.26. The van der Waals surface area contributed by atoms with Gasteiger partial charge in [-0.05, 0) is 23.3 Å². The van der Waals surface area contributed by atoms with E-state index < -0.39 is 0 Å². The maximum Gasteiger partial charge on any atom is 0.167 e. The lowest BCUT2D eigenvalue weighted by Gasteiger charge is -2.01. The fourth-order valence-electron chi connectivity index (χ4n) is 2.07. The van der Waals surface area contributed by atoms with Crippen LogP contribution in [0, 0.1) is 0 Å². The zero-order valence-electron chi connectivity index (χ0n) is 9.77. The van der Waals surface area contributed by atoms with E-state index in [4.69, 9.17) is 4.52 Å². The van der Waals surface area contributed by atoms with Gasteiger partial charge in [-0.15, -0.1) is 0 Å². The van der Waals surface area contributed by atoms with Gasteiger partial charge in [0, 0.05) is 17.1 Å². The Morgan fingerprint density at radius 1 is 1.00 bits per heavy atom. The summed E-state index contributed by atoms with van der Waals surface area (Å²) in [5.74, 6) is 0. The van der Waals surface area contributed by atoms with Crippen LogP contribution in [0.15, 0.2) is 53.1 Å². The molecule has 2 aromatic carbocycles. The number of fused-ring (bicyclic) bond motifs is 1. The highest BCUT2D eigenvalue weighted by Gasteiger charge is 2.08. The normalized spacial score (nSPS) is 10.9. The molecule has 3 rings (SSSR count). The second kappa shape index (κ2) is 4.94. The first kappa shape index (κ1) is 11.5. The molecule has 0 N–H and O–H groups in total. The molecule has 0 aliphatic heterocycles. The van der Waals surface area contributed by atoms with Crippen molar-refractivity contribution in [2.75, 3.05) is 5.33 Å². The van der Waals surface area contributed by atoms with Crippen LogP contribution in [-0.4, -0.2) is 10.5 Å². The van der Waals surface area contributed by atoms with Gasteiger partial charge in [0.15, 0.2) is 5.58 Å². The second-order valence-corrected chi connectivity index (χ2v) is 4.94. The van der Waals surface area contributed by atoms with Crippen molar-refractivity contribution < 1.29 is 4.52 Å². The second-order valence-electron chi connectivity index (χ2n) is 4.15. The molecule has 0 unspecified atom stereocenters. The Morgan fingerprint density at radius 3 is 2.61 bits per heavy atom. The summed E-state index contributed by atoms with van der Waals surface area (Å²) in [6, 6.07) is 16.6. The molecule has 0 amide bonds. The molecular weight excluding hydrogens is 290 g/mol. The van der Waals surface area contributed by atoms with E-state index in [1.54, 1.807) is 0 Å². The fraction of sp³-hybridized carbons (Fsp3) is 0.133. The summed E-state index contributed by atoms with van der Waals surface area (Å²) in [5.41, 5.74) is 4.28. The molecule has 3 heteroatoms. The van der Waals surface area contributed by atoms with Crippen molar-refractivity contribution in [3.63, 3.8) is 0 Å². The van der Waals surface area contributed by atoms with Gasteiger partial charge in [0.05, 0.1) is 5.69 Å². The topological polar surface area (TPSA) is 26.0 Å². The third-order valence-corrected chi connectivity index (χ3v) is 3.38. The highest BCUT2D eigenvalue weighted by atomic mass is 79.9. The van der Waals surface area contributed by atoms with Gasteiger partial charge >= 0.3 is 0 Å². The van der Waals surface area contributed by atoms with Crippen molar-refractivity contribution in [2.45, 2.75) is 6.42 Å². The molecular formula is C15H12BrNO. The predicted molar refractivity (Wildman–Crippen MR) is 76.9 cm³/mol. The van der Waals surface area contributed by atoms with Gasteiger partial charge in [-0.3, -0.25) is 0 Å². The largest absolute Gasteiger partial charge is 0.356 e. The molecule has 0 fully saturated rings. The highest BCUT2D eigenvalue weighted by molar-refractivity contribution is 9.09. The van der Waals surface area contributed by atoms with Gasteiger partial charge in [-0.25, -0.2) is 0 Å². The smallest absolute Gasteiger partial charge is 0.167 e. The third-order valence-electron chi connectivity index (χ3n) is 2.98. The zero-order chi connectivity index (χ0) is 12.4. The first-order valence-electron chi connectivity index (χ1n) is 5.88. The Balaban J connectivity index is 2.12. The zero-order valence-corrected chi connectivity index (χ0v) is 11.4. The minimum Gasteiger partial charge on any atom is -0.356 e. The standard InChI is InChI=1S/C15H12BrNO/c16-9-8-14-13-10-12(6-7-15(13)18-17-14)11-4-2-1-3-5-11/h1-7,10H,8-9H2. The Labute approximate surface area is 114 Å². The summed E-state index contributed by atoms with van der Waals surface area (Å²) in [6.45, 7) is 0. The molecule has 0 spiro atoms. The summed E-state index contributed by atoms with van der Waals surface area (Å²) in [6.07, 6.45) is 0.880. The molecule has 1 aromatic heterocycles. The minimum atomic E-state index is 0.852. The monoisotopic (exact) mass is 301 g/mol. The Kier molecular flexibility index (Phi) is 3.15. The molecule has 0 radical (unpaired) electrons. The third kappa shape index (κ3) is 2.06. The van der Waals surface area contributed by atoms with E-state index in [1.165, 1.54) is 11.1 Å².